The van der Waals surface area contributed by atoms with Crippen molar-refractivity contribution in [3.8, 4) is 0 Å². The molecule has 1 unspecified atom stereocenters. The summed E-state index contributed by atoms with van der Waals surface area (Å²) in [5.74, 6) is 0. The van der Waals surface area contributed by atoms with Crippen LogP contribution in [0.5, 0.6) is 0 Å². The molecule has 0 spiro atoms. The molecule has 0 radical (unpaired) electrons. The summed E-state index contributed by atoms with van der Waals surface area (Å²) in [5, 5.41) is 0. The van der Waals surface area contributed by atoms with Gasteiger partial charge in [0.05, 0.1) is 24.7 Å². The van der Waals surface area contributed by atoms with Crippen LogP contribution < -0.4 is 5.73 Å². The molecule has 1 atom stereocenters. The van der Waals surface area contributed by atoms with Crippen LogP contribution in [0.25, 0.3) is 0 Å². The van der Waals surface area contributed by atoms with Gasteiger partial charge in [-0.15, -0.1) is 0 Å². The van der Waals surface area contributed by atoms with E-state index >= 15 is 0 Å². The zero-order valence-corrected chi connectivity index (χ0v) is 9.28. The fraction of sp³-hybridized carbons (Fsp3) is 0.727. The fourth-order valence-electron chi connectivity index (χ4n) is 2.26. The van der Waals surface area contributed by atoms with Crippen LogP contribution in [0, 0.1) is 0 Å². The second-order valence-corrected chi connectivity index (χ2v) is 4.10. The van der Waals surface area contributed by atoms with Crippen molar-refractivity contribution in [2.24, 2.45) is 5.73 Å². The SMILES string of the molecule is COCC(CN)n1cnc2c1CCCC2. The average Bonchev–Trinajstić information content (AvgIpc) is 2.70. The third-order valence-corrected chi connectivity index (χ3v) is 3.08. The topological polar surface area (TPSA) is 53.1 Å². The molecule has 0 aromatic carbocycles. The average molecular weight is 209 g/mol. The second kappa shape index (κ2) is 4.77. The first-order valence-electron chi connectivity index (χ1n) is 5.60. The molecule has 4 heteroatoms. The van der Waals surface area contributed by atoms with E-state index in [1.165, 1.54) is 24.2 Å². The molecule has 1 aromatic rings. The van der Waals surface area contributed by atoms with Gasteiger partial charge in [0.1, 0.15) is 0 Å². The van der Waals surface area contributed by atoms with E-state index in [9.17, 15) is 0 Å². The molecule has 84 valence electrons. The van der Waals surface area contributed by atoms with Crippen molar-refractivity contribution < 1.29 is 4.74 Å². The molecule has 1 heterocycles. The number of aryl methyl sites for hydroxylation is 1. The fourth-order valence-corrected chi connectivity index (χ4v) is 2.26. The Morgan fingerprint density at radius 2 is 2.33 bits per heavy atom. The number of aromatic nitrogens is 2. The van der Waals surface area contributed by atoms with E-state index < -0.39 is 0 Å². The van der Waals surface area contributed by atoms with E-state index in [4.69, 9.17) is 10.5 Å². The third kappa shape index (κ3) is 2.06. The Balaban J connectivity index is 2.22. The minimum Gasteiger partial charge on any atom is -0.382 e. The molecule has 0 amide bonds. The Hall–Kier alpha value is -0.870. The first kappa shape index (κ1) is 10.6. The highest BCUT2D eigenvalue weighted by molar-refractivity contribution is 5.17. The summed E-state index contributed by atoms with van der Waals surface area (Å²) in [6, 6.07) is 0.240. The van der Waals surface area contributed by atoms with Crippen LogP contribution in [0.1, 0.15) is 30.3 Å². The largest absolute Gasteiger partial charge is 0.382 e. The second-order valence-electron chi connectivity index (χ2n) is 4.10. The molecule has 15 heavy (non-hydrogen) atoms. The molecule has 1 aliphatic rings. The maximum atomic E-state index is 5.75. The molecule has 0 saturated heterocycles. The van der Waals surface area contributed by atoms with Crippen LogP contribution >= 0.6 is 0 Å². The number of imidazole rings is 1. The van der Waals surface area contributed by atoms with Gasteiger partial charge in [-0.25, -0.2) is 4.98 Å². The van der Waals surface area contributed by atoms with Crippen LogP contribution in [0.4, 0.5) is 0 Å². The lowest BCUT2D eigenvalue weighted by Gasteiger charge is -2.20. The van der Waals surface area contributed by atoms with Gasteiger partial charge in [0.2, 0.25) is 0 Å². The summed E-state index contributed by atoms with van der Waals surface area (Å²) in [5.41, 5.74) is 8.38. The molecule has 0 bridgehead atoms. The molecule has 2 rings (SSSR count). The van der Waals surface area contributed by atoms with E-state index in [2.05, 4.69) is 9.55 Å². The maximum absolute atomic E-state index is 5.75. The van der Waals surface area contributed by atoms with Gasteiger partial charge in [-0.2, -0.15) is 0 Å². The highest BCUT2D eigenvalue weighted by Gasteiger charge is 2.19. The van der Waals surface area contributed by atoms with Crippen LogP contribution in [-0.2, 0) is 17.6 Å². The lowest BCUT2D eigenvalue weighted by atomic mass is 10.0. The van der Waals surface area contributed by atoms with Crippen molar-refractivity contribution in [1.82, 2.24) is 9.55 Å². The zero-order valence-electron chi connectivity index (χ0n) is 9.28. The molecular formula is C11H19N3O. The van der Waals surface area contributed by atoms with Crippen LogP contribution in [0.2, 0.25) is 0 Å². The van der Waals surface area contributed by atoms with Gasteiger partial charge in [0.15, 0.2) is 0 Å². The standard InChI is InChI=1S/C11H19N3O/c1-15-7-9(6-12)14-8-13-10-4-2-3-5-11(10)14/h8-9H,2-7,12H2,1H3. The zero-order chi connectivity index (χ0) is 10.7. The van der Waals surface area contributed by atoms with Gasteiger partial charge < -0.3 is 15.0 Å². The van der Waals surface area contributed by atoms with Gasteiger partial charge >= 0.3 is 0 Å². The Labute approximate surface area is 90.4 Å². The van der Waals surface area contributed by atoms with E-state index in [1.807, 2.05) is 6.33 Å². The molecule has 2 N–H and O–H groups in total. The maximum Gasteiger partial charge on any atom is 0.0955 e. The highest BCUT2D eigenvalue weighted by Crippen LogP contribution is 2.22. The van der Waals surface area contributed by atoms with Gasteiger partial charge in [-0.3, -0.25) is 0 Å². The summed E-state index contributed by atoms with van der Waals surface area (Å²) < 4.78 is 7.39. The number of fused-ring (bicyclic) bond motifs is 1. The normalized spacial score (nSPS) is 17.5. The van der Waals surface area contributed by atoms with E-state index in [1.54, 1.807) is 7.11 Å². The number of methoxy groups -OCH3 is 1. The molecule has 0 saturated carbocycles. The van der Waals surface area contributed by atoms with Crippen molar-refractivity contribution in [3.05, 3.63) is 17.7 Å². The Bertz CT molecular complexity index is 322. The van der Waals surface area contributed by atoms with E-state index in [-0.39, 0.29) is 6.04 Å². The van der Waals surface area contributed by atoms with Crippen molar-refractivity contribution in [2.45, 2.75) is 31.7 Å². The van der Waals surface area contributed by atoms with Crippen molar-refractivity contribution >= 4 is 0 Å². The quantitative estimate of drug-likeness (QED) is 0.802. The van der Waals surface area contributed by atoms with Gasteiger partial charge in [0, 0.05) is 19.3 Å². The monoisotopic (exact) mass is 209 g/mol. The summed E-state index contributed by atoms with van der Waals surface area (Å²) >= 11 is 0. The number of nitrogens with two attached hydrogens (primary N) is 1. The number of ether oxygens (including phenoxy) is 1. The number of hydrogen-bond acceptors (Lipinski definition) is 3. The minimum absolute atomic E-state index is 0.240. The van der Waals surface area contributed by atoms with Crippen LogP contribution in [0.3, 0.4) is 0 Å². The molecule has 1 aromatic heterocycles. The third-order valence-electron chi connectivity index (χ3n) is 3.08. The highest BCUT2D eigenvalue weighted by atomic mass is 16.5. The van der Waals surface area contributed by atoms with Gasteiger partial charge in [-0.1, -0.05) is 0 Å². The predicted octanol–water partition coefficient (Wildman–Crippen LogP) is 0.908. The molecule has 0 fully saturated rings. The minimum atomic E-state index is 0.240. The van der Waals surface area contributed by atoms with Gasteiger partial charge in [0.25, 0.3) is 0 Å². The number of hydrogen-bond donors (Lipinski definition) is 1. The Kier molecular flexibility index (Phi) is 3.38. The van der Waals surface area contributed by atoms with Crippen molar-refractivity contribution in [2.75, 3.05) is 20.3 Å². The molecular weight excluding hydrogens is 190 g/mol. The lowest BCUT2D eigenvalue weighted by molar-refractivity contribution is 0.156. The molecule has 1 aliphatic carbocycles. The van der Waals surface area contributed by atoms with Crippen molar-refractivity contribution in [3.63, 3.8) is 0 Å². The molecule has 0 aliphatic heterocycles. The lowest BCUT2D eigenvalue weighted by Crippen LogP contribution is -2.25. The van der Waals surface area contributed by atoms with Crippen LogP contribution in [-0.4, -0.2) is 29.8 Å². The first-order valence-corrected chi connectivity index (χ1v) is 5.60. The summed E-state index contributed by atoms with van der Waals surface area (Å²) in [7, 11) is 1.71. The molecule has 4 nitrogen and oxygen atoms in total. The van der Waals surface area contributed by atoms with E-state index in [0.717, 1.165) is 12.8 Å². The number of rotatable bonds is 4. The van der Waals surface area contributed by atoms with Crippen molar-refractivity contribution in [1.29, 1.82) is 0 Å². The summed E-state index contributed by atoms with van der Waals surface area (Å²) in [6.07, 6.45) is 6.71. The number of nitrogens with zero attached hydrogens (tertiary/aromatic N) is 2. The Morgan fingerprint density at radius 1 is 1.53 bits per heavy atom. The van der Waals surface area contributed by atoms with E-state index in [0.29, 0.717) is 13.2 Å². The summed E-state index contributed by atoms with van der Waals surface area (Å²) in [6.45, 7) is 1.27. The Morgan fingerprint density at radius 3 is 3.07 bits per heavy atom. The first-order chi connectivity index (χ1) is 7.36. The summed E-state index contributed by atoms with van der Waals surface area (Å²) in [4.78, 5) is 4.46. The predicted molar refractivity (Wildman–Crippen MR) is 58.8 cm³/mol. The van der Waals surface area contributed by atoms with Gasteiger partial charge in [-0.05, 0) is 25.7 Å². The van der Waals surface area contributed by atoms with Crippen LogP contribution in [0.15, 0.2) is 6.33 Å². The smallest absolute Gasteiger partial charge is 0.0955 e.